The Hall–Kier alpha value is -2.90. The highest BCUT2D eigenvalue weighted by atomic mass is 19.1. The van der Waals surface area contributed by atoms with E-state index in [0.29, 0.717) is 13.0 Å². The van der Waals surface area contributed by atoms with Crippen LogP contribution in [0.15, 0.2) is 24.4 Å². The van der Waals surface area contributed by atoms with Crippen molar-refractivity contribution in [3.63, 3.8) is 0 Å². The third kappa shape index (κ3) is 4.27. The molecule has 0 aliphatic carbocycles. The molecule has 1 aromatic carbocycles. The van der Waals surface area contributed by atoms with Crippen LogP contribution in [-0.2, 0) is 16.0 Å². The van der Waals surface area contributed by atoms with E-state index in [9.17, 15) is 18.8 Å². The van der Waals surface area contributed by atoms with Crippen molar-refractivity contribution in [2.45, 2.75) is 38.6 Å². The van der Waals surface area contributed by atoms with Gasteiger partial charge in [-0.2, -0.15) is 0 Å². The standard InChI is InChI=1S/C19H23FN4O3/c1-2-8-21-17(25)6-5-16-18(26)24(19(27)23-16)9-7-12-11-22-15-4-3-13(20)10-14(12)15/h3-4,10-11,16,22H,2,5-9H2,1H3,(H,21,25)(H,23,27)/t16-/m0/s1. The molecule has 1 aliphatic rings. The number of rotatable bonds is 8. The molecule has 2 heterocycles. The van der Waals surface area contributed by atoms with Crippen LogP contribution >= 0.6 is 0 Å². The molecule has 0 radical (unpaired) electrons. The Kier molecular flexibility index (Phi) is 5.73. The number of imide groups is 1. The molecule has 1 aromatic heterocycles. The van der Waals surface area contributed by atoms with Crippen LogP contribution in [0.2, 0.25) is 0 Å². The van der Waals surface area contributed by atoms with Crippen molar-refractivity contribution in [2.75, 3.05) is 13.1 Å². The Labute approximate surface area is 156 Å². The molecular formula is C19H23FN4O3. The first kappa shape index (κ1) is 18.9. The zero-order chi connectivity index (χ0) is 19.4. The summed E-state index contributed by atoms with van der Waals surface area (Å²) in [5.41, 5.74) is 1.65. The maximum absolute atomic E-state index is 13.5. The number of halogens is 1. The molecule has 0 unspecified atom stereocenters. The topological polar surface area (TPSA) is 94.3 Å². The molecule has 1 atom stereocenters. The largest absolute Gasteiger partial charge is 0.361 e. The highest BCUT2D eigenvalue weighted by molar-refractivity contribution is 6.04. The zero-order valence-corrected chi connectivity index (χ0v) is 15.2. The quantitative estimate of drug-likeness (QED) is 0.618. The number of benzene rings is 1. The molecule has 1 aliphatic heterocycles. The van der Waals surface area contributed by atoms with Gasteiger partial charge in [0, 0.05) is 36.6 Å². The summed E-state index contributed by atoms with van der Waals surface area (Å²) in [7, 11) is 0. The van der Waals surface area contributed by atoms with Gasteiger partial charge < -0.3 is 15.6 Å². The fourth-order valence-corrected chi connectivity index (χ4v) is 3.20. The molecule has 3 N–H and O–H groups in total. The van der Waals surface area contributed by atoms with E-state index in [1.807, 2.05) is 6.92 Å². The fraction of sp³-hybridized carbons (Fsp3) is 0.421. The van der Waals surface area contributed by atoms with Crippen LogP contribution in [0.5, 0.6) is 0 Å². The molecule has 2 aromatic rings. The van der Waals surface area contributed by atoms with Crippen LogP contribution in [-0.4, -0.2) is 46.9 Å². The van der Waals surface area contributed by atoms with Crippen LogP contribution < -0.4 is 10.6 Å². The van der Waals surface area contributed by atoms with E-state index in [1.165, 1.54) is 12.1 Å². The number of carbonyl (C=O) groups is 3. The van der Waals surface area contributed by atoms with Crippen molar-refractivity contribution >= 4 is 28.7 Å². The van der Waals surface area contributed by atoms with Gasteiger partial charge in [-0.25, -0.2) is 9.18 Å². The predicted molar refractivity (Wildman–Crippen MR) is 98.5 cm³/mol. The number of aromatic nitrogens is 1. The average Bonchev–Trinajstić information content (AvgIpc) is 3.16. The normalized spacial score (nSPS) is 16.8. The molecule has 3 rings (SSSR count). The van der Waals surface area contributed by atoms with Crippen molar-refractivity contribution in [3.8, 4) is 0 Å². The summed E-state index contributed by atoms with van der Waals surface area (Å²) in [6.07, 6.45) is 3.49. The third-order valence-electron chi connectivity index (χ3n) is 4.67. The molecule has 0 bridgehead atoms. The maximum Gasteiger partial charge on any atom is 0.324 e. The van der Waals surface area contributed by atoms with E-state index in [-0.39, 0.29) is 37.0 Å². The van der Waals surface area contributed by atoms with Crippen molar-refractivity contribution in [1.29, 1.82) is 0 Å². The van der Waals surface area contributed by atoms with Gasteiger partial charge in [0.2, 0.25) is 5.91 Å². The van der Waals surface area contributed by atoms with Crippen LogP contribution in [0, 0.1) is 5.82 Å². The average molecular weight is 374 g/mol. The number of nitrogens with one attached hydrogen (secondary N) is 3. The molecule has 8 heteroatoms. The van der Waals surface area contributed by atoms with E-state index in [1.54, 1.807) is 12.3 Å². The molecule has 7 nitrogen and oxygen atoms in total. The Morgan fingerprint density at radius 2 is 2.15 bits per heavy atom. The van der Waals surface area contributed by atoms with E-state index in [4.69, 9.17) is 0 Å². The Morgan fingerprint density at radius 3 is 2.93 bits per heavy atom. The molecular weight excluding hydrogens is 351 g/mol. The highest BCUT2D eigenvalue weighted by Crippen LogP contribution is 2.21. The van der Waals surface area contributed by atoms with Crippen molar-refractivity contribution < 1.29 is 18.8 Å². The summed E-state index contributed by atoms with van der Waals surface area (Å²) in [4.78, 5) is 40.5. The molecule has 1 saturated heterocycles. The molecule has 1 fully saturated rings. The van der Waals surface area contributed by atoms with Crippen LogP contribution in [0.3, 0.4) is 0 Å². The van der Waals surface area contributed by atoms with E-state index in [0.717, 1.165) is 27.8 Å². The van der Waals surface area contributed by atoms with E-state index < -0.39 is 12.1 Å². The first-order valence-electron chi connectivity index (χ1n) is 9.13. The van der Waals surface area contributed by atoms with Gasteiger partial charge in [0.25, 0.3) is 5.91 Å². The van der Waals surface area contributed by atoms with Gasteiger partial charge in [-0.15, -0.1) is 0 Å². The zero-order valence-electron chi connectivity index (χ0n) is 15.2. The maximum atomic E-state index is 13.5. The van der Waals surface area contributed by atoms with Gasteiger partial charge in [0.1, 0.15) is 11.9 Å². The minimum absolute atomic E-state index is 0.127. The molecule has 0 spiro atoms. The minimum Gasteiger partial charge on any atom is -0.361 e. The summed E-state index contributed by atoms with van der Waals surface area (Å²) in [5, 5.41) is 6.12. The summed E-state index contributed by atoms with van der Waals surface area (Å²) in [6, 6.07) is 3.34. The predicted octanol–water partition coefficient (Wildman–Crippen LogP) is 2.08. The van der Waals surface area contributed by atoms with Crippen molar-refractivity contribution in [3.05, 3.63) is 35.8 Å². The fourth-order valence-electron chi connectivity index (χ4n) is 3.20. The van der Waals surface area contributed by atoms with Crippen molar-refractivity contribution in [2.24, 2.45) is 0 Å². The number of hydrogen-bond donors (Lipinski definition) is 3. The third-order valence-corrected chi connectivity index (χ3v) is 4.67. The Bertz CT molecular complexity index is 864. The molecule has 0 saturated carbocycles. The van der Waals surface area contributed by atoms with Gasteiger partial charge in [-0.3, -0.25) is 14.5 Å². The smallest absolute Gasteiger partial charge is 0.324 e. The van der Waals surface area contributed by atoms with E-state index >= 15 is 0 Å². The summed E-state index contributed by atoms with van der Waals surface area (Å²) >= 11 is 0. The Balaban J connectivity index is 1.57. The van der Waals surface area contributed by atoms with Gasteiger partial charge in [-0.1, -0.05) is 6.92 Å². The number of aromatic amines is 1. The number of fused-ring (bicyclic) bond motifs is 1. The second kappa shape index (κ2) is 8.20. The van der Waals surface area contributed by atoms with Crippen LogP contribution in [0.4, 0.5) is 9.18 Å². The molecule has 4 amide bonds. The van der Waals surface area contributed by atoms with Gasteiger partial charge in [-0.05, 0) is 43.0 Å². The SMILES string of the molecule is CCCNC(=O)CC[C@@H]1NC(=O)N(CCc2c[nH]c3ccc(F)cc23)C1=O. The number of urea groups is 1. The summed E-state index contributed by atoms with van der Waals surface area (Å²) in [5.74, 6) is -0.785. The van der Waals surface area contributed by atoms with Gasteiger partial charge in [0.05, 0.1) is 0 Å². The molecule has 27 heavy (non-hydrogen) atoms. The first-order valence-corrected chi connectivity index (χ1v) is 9.13. The van der Waals surface area contributed by atoms with Crippen LogP contribution in [0.25, 0.3) is 10.9 Å². The van der Waals surface area contributed by atoms with Gasteiger partial charge >= 0.3 is 6.03 Å². The van der Waals surface area contributed by atoms with E-state index in [2.05, 4.69) is 15.6 Å². The summed E-state index contributed by atoms with van der Waals surface area (Å²) in [6.45, 7) is 2.76. The minimum atomic E-state index is -0.676. The van der Waals surface area contributed by atoms with Crippen molar-refractivity contribution in [1.82, 2.24) is 20.5 Å². The first-order chi connectivity index (χ1) is 13.0. The monoisotopic (exact) mass is 374 g/mol. The number of carbonyl (C=O) groups excluding carboxylic acids is 3. The highest BCUT2D eigenvalue weighted by Gasteiger charge is 2.37. The number of H-pyrrole nitrogens is 1. The summed E-state index contributed by atoms with van der Waals surface area (Å²) < 4.78 is 13.5. The number of nitrogens with zero attached hydrogens (tertiary/aromatic N) is 1. The van der Waals surface area contributed by atoms with Crippen LogP contribution in [0.1, 0.15) is 31.7 Å². The lowest BCUT2D eigenvalue weighted by molar-refractivity contribution is -0.127. The number of hydrogen-bond acceptors (Lipinski definition) is 3. The lowest BCUT2D eigenvalue weighted by atomic mass is 10.1. The number of amides is 4. The Morgan fingerprint density at radius 1 is 1.33 bits per heavy atom. The molecule has 144 valence electrons. The second-order valence-corrected chi connectivity index (χ2v) is 6.63. The lowest BCUT2D eigenvalue weighted by Gasteiger charge is -2.12. The lowest BCUT2D eigenvalue weighted by Crippen LogP contribution is -2.34. The second-order valence-electron chi connectivity index (χ2n) is 6.63. The van der Waals surface area contributed by atoms with Gasteiger partial charge in [0.15, 0.2) is 0 Å².